The highest BCUT2D eigenvalue weighted by Crippen LogP contribution is 2.42. The zero-order valence-electron chi connectivity index (χ0n) is 8.34. The van der Waals surface area contributed by atoms with Crippen molar-refractivity contribution in [3.8, 4) is 0 Å². The first-order valence-electron chi connectivity index (χ1n) is 4.85. The van der Waals surface area contributed by atoms with Gasteiger partial charge in [-0.15, -0.1) is 0 Å². The van der Waals surface area contributed by atoms with Crippen LogP contribution in [0.25, 0.3) is 0 Å². The van der Waals surface area contributed by atoms with Gasteiger partial charge in [0.1, 0.15) is 0 Å². The molecule has 0 aliphatic carbocycles. The molecule has 2 bridgehead atoms. The highest BCUT2D eigenvalue weighted by molar-refractivity contribution is 7.89. The Morgan fingerprint density at radius 3 is 2.87 bits per heavy atom. The molecule has 2 aliphatic rings. The van der Waals surface area contributed by atoms with Crippen molar-refractivity contribution in [3.05, 3.63) is 42.1 Å². The second-order valence-electron chi connectivity index (χ2n) is 4.28. The standard InChI is InChI=1S/C11H11NO2S/c1-11-6-7-12(8-11)15(13,14)10-5-3-2-4-9(10)11/h2-7H,8H2,1H3/t11-/m1/s1. The zero-order valence-corrected chi connectivity index (χ0v) is 9.16. The van der Waals surface area contributed by atoms with Crippen LogP contribution < -0.4 is 0 Å². The Morgan fingerprint density at radius 1 is 1.33 bits per heavy atom. The summed E-state index contributed by atoms with van der Waals surface area (Å²) in [4.78, 5) is 0.448. The fourth-order valence-electron chi connectivity index (χ4n) is 2.31. The van der Waals surface area contributed by atoms with Gasteiger partial charge in [0.2, 0.25) is 0 Å². The maximum atomic E-state index is 12.1. The number of rotatable bonds is 0. The monoisotopic (exact) mass is 221 g/mol. The van der Waals surface area contributed by atoms with E-state index in [1.54, 1.807) is 18.3 Å². The molecule has 0 saturated carbocycles. The molecule has 1 aromatic carbocycles. The normalized spacial score (nSPS) is 30.3. The number of benzene rings is 1. The summed E-state index contributed by atoms with van der Waals surface area (Å²) in [6.45, 7) is 2.60. The van der Waals surface area contributed by atoms with E-state index < -0.39 is 10.0 Å². The largest absolute Gasteiger partial charge is 0.272 e. The molecule has 0 unspecified atom stereocenters. The Bertz CT molecular complexity index is 562. The van der Waals surface area contributed by atoms with Gasteiger partial charge in [0, 0.05) is 18.2 Å². The van der Waals surface area contributed by atoms with E-state index in [0.717, 1.165) is 5.56 Å². The molecule has 3 nitrogen and oxygen atoms in total. The first kappa shape index (κ1) is 8.97. The van der Waals surface area contributed by atoms with Crippen LogP contribution in [-0.2, 0) is 15.4 Å². The number of sulfonamides is 1. The highest BCUT2D eigenvalue weighted by Gasteiger charge is 2.44. The fourth-order valence-corrected chi connectivity index (χ4v) is 4.05. The summed E-state index contributed by atoms with van der Waals surface area (Å²) in [6.07, 6.45) is 3.64. The molecule has 0 saturated heterocycles. The van der Waals surface area contributed by atoms with Gasteiger partial charge < -0.3 is 0 Å². The Balaban J connectivity index is 2.42. The summed E-state index contributed by atoms with van der Waals surface area (Å²) in [5, 5.41) is 0. The van der Waals surface area contributed by atoms with E-state index in [-0.39, 0.29) is 5.41 Å². The van der Waals surface area contributed by atoms with Crippen LogP contribution in [0.5, 0.6) is 0 Å². The summed E-state index contributed by atoms with van der Waals surface area (Å²) in [6, 6.07) is 7.25. The van der Waals surface area contributed by atoms with Gasteiger partial charge in [-0.25, -0.2) is 8.42 Å². The number of fused-ring (bicyclic) bond motifs is 4. The lowest BCUT2D eigenvalue weighted by atomic mass is 9.84. The van der Waals surface area contributed by atoms with Crippen LogP contribution in [0.15, 0.2) is 41.4 Å². The SMILES string of the molecule is C[C@@]12C=CN(C1)S(=O)(=O)c1ccccc12. The third-order valence-corrected chi connectivity index (χ3v) is 4.96. The van der Waals surface area contributed by atoms with Crippen LogP contribution in [-0.4, -0.2) is 19.3 Å². The minimum absolute atomic E-state index is 0.151. The molecule has 0 radical (unpaired) electrons. The van der Waals surface area contributed by atoms with Crippen LogP contribution in [0.4, 0.5) is 0 Å². The van der Waals surface area contributed by atoms with Crippen molar-refractivity contribution in [2.75, 3.05) is 6.54 Å². The molecule has 0 aromatic heterocycles. The summed E-state index contributed by atoms with van der Waals surface area (Å²) in [5.74, 6) is 0. The van der Waals surface area contributed by atoms with Gasteiger partial charge in [-0.2, -0.15) is 0 Å². The van der Waals surface area contributed by atoms with Crippen molar-refractivity contribution in [1.82, 2.24) is 4.31 Å². The number of hydrogen-bond acceptors (Lipinski definition) is 2. The van der Waals surface area contributed by atoms with Crippen molar-refractivity contribution in [3.63, 3.8) is 0 Å². The molecule has 0 fully saturated rings. The minimum atomic E-state index is -3.28. The Morgan fingerprint density at radius 2 is 2.07 bits per heavy atom. The van der Waals surface area contributed by atoms with Crippen molar-refractivity contribution in [1.29, 1.82) is 0 Å². The molecule has 4 heteroatoms. The predicted molar refractivity (Wildman–Crippen MR) is 56.8 cm³/mol. The molecule has 1 aromatic rings. The minimum Gasteiger partial charge on any atom is -0.272 e. The Labute approximate surface area is 89.1 Å². The molecule has 78 valence electrons. The quantitative estimate of drug-likeness (QED) is 0.665. The molecule has 1 atom stereocenters. The Hall–Kier alpha value is -1.29. The van der Waals surface area contributed by atoms with Crippen molar-refractivity contribution >= 4 is 10.0 Å². The second-order valence-corrected chi connectivity index (χ2v) is 6.14. The smallest absolute Gasteiger partial charge is 0.264 e. The van der Waals surface area contributed by atoms with Crippen LogP contribution >= 0.6 is 0 Å². The lowest BCUT2D eigenvalue weighted by molar-refractivity contribution is 0.436. The van der Waals surface area contributed by atoms with E-state index in [0.29, 0.717) is 11.4 Å². The average Bonchev–Trinajstić information content (AvgIpc) is 2.59. The van der Waals surface area contributed by atoms with E-state index in [2.05, 4.69) is 6.92 Å². The molecule has 0 amide bonds. The molecular weight excluding hydrogens is 210 g/mol. The summed E-state index contributed by atoms with van der Waals surface area (Å²) in [5.41, 5.74) is 0.761. The molecule has 3 rings (SSSR count). The molecule has 2 heterocycles. The van der Waals surface area contributed by atoms with Crippen molar-refractivity contribution in [2.24, 2.45) is 0 Å². The average molecular weight is 221 g/mol. The van der Waals surface area contributed by atoms with Gasteiger partial charge in [0.25, 0.3) is 10.0 Å². The van der Waals surface area contributed by atoms with Gasteiger partial charge in [0.15, 0.2) is 0 Å². The summed E-state index contributed by atoms with van der Waals surface area (Å²) < 4.78 is 25.6. The highest BCUT2D eigenvalue weighted by atomic mass is 32.2. The van der Waals surface area contributed by atoms with Crippen molar-refractivity contribution in [2.45, 2.75) is 17.2 Å². The molecule has 0 spiro atoms. The molecular formula is C11H11NO2S. The summed E-state index contributed by atoms with van der Waals surface area (Å²) >= 11 is 0. The summed E-state index contributed by atoms with van der Waals surface area (Å²) in [7, 11) is -3.28. The maximum Gasteiger partial charge on any atom is 0.264 e. The van der Waals surface area contributed by atoms with Crippen LogP contribution in [0, 0.1) is 0 Å². The van der Waals surface area contributed by atoms with Crippen molar-refractivity contribution < 1.29 is 8.42 Å². The van der Waals surface area contributed by atoms with E-state index >= 15 is 0 Å². The number of hydrogen-bond donors (Lipinski definition) is 0. The van der Waals surface area contributed by atoms with Gasteiger partial charge in [-0.3, -0.25) is 4.31 Å². The molecule has 15 heavy (non-hydrogen) atoms. The van der Waals surface area contributed by atoms with Gasteiger partial charge in [-0.1, -0.05) is 31.2 Å². The lowest BCUT2D eigenvalue weighted by Crippen LogP contribution is -2.39. The molecule has 0 N–H and O–H groups in total. The van der Waals surface area contributed by atoms with Crippen LogP contribution in [0.2, 0.25) is 0 Å². The zero-order chi connectivity index (χ0) is 10.7. The molecule has 2 aliphatic heterocycles. The van der Waals surface area contributed by atoms with E-state index in [4.69, 9.17) is 0 Å². The van der Waals surface area contributed by atoms with E-state index in [1.165, 1.54) is 4.31 Å². The lowest BCUT2D eigenvalue weighted by Gasteiger charge is -2.33. The van der Waals surface area contributed by atoms with Gasteiger partial charge >= 0.3 is 0 Å². The third-order valence-electron chi connectivity index (χ3n) is 3.18. The Kier molecular flexibility index (Phi) is 1.46. The first-order chi connectivity index (χ1) is 7.04. The first-order valence-corrected chi connectivity index (χ1v) is 6.29. The topological polar surface area (TPSA) is 37.4 Å². The fraction of sp³-hybridized carbons (Fsp3) is 0.273. The van der Waals surface area contributed by atoms with Crippen LogP contribution in [0.1, 0.15) is 12.5 Å². The van der Waals surface area contributed by atoms with E-state index in [9.17, 15) is 8.42 Å². The second kappa shape index (κ2) is 2.44. The number of nitrogens with zero attached hydrogens (tertiary/aromatic N) is 1. The van der Waals surface area contributed by atoms with E-state index in [1.807, 2.05) is 18.2 Å². The van der Waals surface area contributed by atoms with Gasteiger partial charge in [0.05, 0.1) is 4.90 Å². The van der Waals surface area contributed by atoms with Crippen LogP contribution in [0.3, 0.4) is 0 Å². The van der Waals surface area contributed by atoms with Gasteiger partial charge in [-0.05, 0) is 11.6 Å². The predicted octanol–water partition coefficient (Wildman–Crippen LogP) is 1.48. The third kappa shape index (κ3) is 0.973. The maximum absolute atomic E-state index is 12.1.